The van der Waals surface area contributed by atoms with E-state index >= 15 is 0 Å². The van der Waals surface area contributed by atoms with Gasteiger partial charge in [-0.15, -0.1) is 0 Å². The molecule has 0 aliphatic carbocycles. The van der Waals surface area contributed by atoms with Crippen molar-refractivity contribution in [1.29, 1.82) is 0 Å². The maximum atomic E-state index is 12.2. The second-order valence-corrected chi connectivity index (χ2v) is 5.01. The molecule has 0 saturated carbocycles. The van der Waals surface area contributed by atoms with Crippen molar-refractivity contribution in [1.82, 2.24) is 15.3 Å². The molecule has 4 nitrogen and oxygen atoms in total. The fourth-order valence-corrected chi connectivity index (χ4v) is 2.45. The quantitative estimate of drug-likeness (QED) is 0.895. The molecule has 4 heteroatoms. The first-order chi connectivity index (χ1) is 9.22. The first-order valence-electron chi connectivity index (χ1n) is 7.04. The third-order valence-corrected chi connectivity index (χ3v) is 3.54. The summed E-state index contributed by atoms with van der Waals surface area (Å²) in [5.74, 6) is 0.192. The summed E-state index contributed by atoms with van der Waals surface area (Å²) in [5.41, 5.74) is 1.18. The third-order valence-electron chi connectivity index (χ3n) is 3.54. The van der Waals surface area contributed by atoms with Gasteiger partial charge in [0.15, 0.2) is 0 Å². The number of carbonyl (C=O) groups is 1. The molecule has 0 aromatic heterocycles. The molecular weight excluding hydrogens is 238 g/mol. The minimum absolute atomic E-state index is 0.192. The summed E-state index contributed by atoms with van der Waals surface area (Å²) < 4.78 is 0. The van der Waals surface area contributed by atoms with E-state index in [0.29, 0.717) is 19.0 Å². The molecule has 1 atom stereocenters. The lowest BCUT2D eigenvalue weighted by Crippen LogP contribution is -2.58. The summed E-state index contributed by atoms with van der Waals surface area (Å²) in [5, 5.41) is 7.48. The highest BCUT2D eigenvalue weighted by Gasteiger charge is 2.26. The van der Waals surface area contributed by atoms with Gasteiger partial charge < -0.3 is 5.32 Å². The van der Waals surface area contributed by atoms with Gasteiger partial charge in [0.05, 0.1) is 6.54 Å². The molecule has 1 unspecified atom stereocenters. The Kier molecular flexibility index (Phi) is 4.93. The maximum Gasteiger partial charge on any atom is 0.236 e. The minimum Gasteiger partial charge on any atom is -0.314 e. The van der Waals surface area contributed by atoms with Crippen molar-refractivity contribution >= 4 is 5.91 Å². The van der Waals surface area contributed by atoms with Gasteiger partial charge in [0.25, 0.3) is 0 Å². The van der Waals surface area contributed by atoms with Gasteiger partial charge in [-0.05, 0) is 12.5 Å². The van der Waals surface area contributed by atoms with Crippen LogP contribution in [0.1, 0.15) is 25.8 Å². The van der Waals surface area contributed by atoms with Crippen molar-refractivity contribution in [2.24, 2.45) is 0 Å². The van der Waals surface area contributed by atoms with Crippen LogP contribution in [0.3, 0.4) is 0 Å². The van der Waals surface area contributed by atoms with E-state index in [4.69, 9.17) is 0 Å². The molecule has 19 heavy (non-hydrogen) atoms. The van der Waals surface area contributed by atoms with E-state index < -0.39 is 0 Å². The number of rotatable bonds is 4. The number of carbonyl (C=O) groups excluding carboxylic acids is 1. The van der Waals surface area contributed by atoms with E-state index in [2.05, 4.69) is 29.4 Å². The van der Waals surface area contributed by atoms with Gasteiger partial charge >= 0.3 is 0 Å². The van der Waals surface area contributed by atoms with Gasteiger partial charge in [-0.3, -0.25) is 9.80 Å². The summed E-state index contributed by atoms with van der Waals surface area (Å²) in [6.07, 6.45) is 0.545. The van der Waals surface area contributed by atoms with Crippen LogP contribution in [0.25, 0.3) is 0 Å². The van der Waals surface area contributed by atoms with Crippen LogP contribution in [0.15, 0.2) is 30.3 Å². The summed E-state index contributed by atoms with van der Waals surface area (Å²) in [6.45, 7) is 7.51. The zero-order valence-corrected chi connectivity index (χ0v) is 11.8. The zero-order chi connectivity index (χ0) is 13.7. The first-order valence-corrected chi connectivity index (χ1v) is 7.04. The summed E-state index contributed by atoms with van der Waals surface area (Å²) in [4.78, 5) is 12.2. The van der Waals surface area contributed by atoms with E-state index in [1.54, 1.807) is 0 Å². The summed E-state index contributed by atoms with van der Waals surface area (Å²) in [6, 6.07) is 10.5. The number of hydrazine groups is 1. The smallest absolute Gasteiger partial charge is 0.236 e. The Labute approximate surface area is 115 Å². The van der Waals surface area contributed by atoms with Crippen molar-refractivity contribution < 1.29 is 4.79 Å². The van der Waals surface area contributed by atoms with Crippen molar-refractivity contribution in [3.8, 4) is 0 Å². The lowest BCUT2D eigenvalue weighted by molar-refractivity contribution is -0.156. The molecule has 1 saturated heterocycles. The molecule has 1 heterocycles. The molecule has 1 aliphatic rings. The van der Waals surface area contributed by atoms with E-state index in [1.807, 2.05) is 30.1 Å². The molecule has 0 spiro atoms. The average Bonchev–Trinajstić information content (AvgIpc) is 2.46. The Bertz CT molecular complexity index is 407. The van der Waals surface area contributed by atoms with Gasteiger partial charge in [-0.2, -0.15) is 0 Å². The number of amides is 1. The predicted molar refractivity (Wildman–Crippen MR) is 76.3 cm³/mol. The highest BCUT2D eigenvalue weighted by molar-refractivity contribution is 5.75. The minimum atomic E-state index is 0.192. The molecule has 104 valence electrons. The number of hydrogen-bond acceptors (Lipinski definition) is 3. The normalized spacial score (nSPS) is 20.2. The van der Waals surface area contributed by atoms with Crippen LogP contribution in [0.4, 0.5) is 0 Å². The van der Waals surface area contributed by atoms with Gasteiger partial charge in [-0.25, -0.2) is 5.01 Å². The van der Waals surface area contributed by atoms with E-state index in [1.165, 1.54) is 5.56 Å². The number of nitrogens with one attached hydrogen (secondary N) is 1. The van der Waals surface area contributed by atoms with Gasteiger partial charge in [-0.1, -0.05) is 37.3 Å². The summed E-state index contributed by atoms with van der Waals surface area (Å²) in [7, 11) is 0. The Hall–Kier alpha value is -1.39. The van der Waals surface area contributed by atoms with Crippen molar-refractivity contribution in [2.45, 2.75) is 32.9 Å². The number of piperazine rings is 1. The topological polar surface area (TPSA) is 35.6 Å². The fraction of sp³-hybridized carbons (Fsp3) is 0.533. The van der Waals surface area contributed by atoms with Crippen LogP contribution in [-0.4, -0.2) is 41.6 Å². The van der Waals surface area contributed by atoms with Crippen molar-refractivity contribution in [3.63, 3.8) is 0 Å². The molecule has 0 bridgehead atoms. The zero-order valence-electron chi connectivity index (χ0n) is 11.8. The van der Waals surface area contributed by atoms with Crippen LogP contribution in [-0.2, 0) is 11.3 Å². The highest BCUT2D eigenvalue weighted by Crippen LogP contribution is 2.14. The standard InChI is InChI=1S/C15H23N3O/c1-3-15(19)18(12-14-7-5-4-6-8-14)17-10-9-16-11-13(17)2/h4-8,13,16H,3,9-12H2,1-2H3. The number of hydrogen-bond donors (Lipinski definition) is 1. The largest absolute Gasteiger partial charge is 0.314 e. The molecule has 1 N–H and O–H groups in total. The monoisotopic (exact) mass is 261 g/mol. The first kappa shape index (κ1) is 14.0. The van der Waals surface area contributed by atoms with E-state index in [0.717, 1.165) is 19.6 Å². The van der Waals surface area contributed by atoms with Gasteiger partial charge in [0.1, 0.15) is 0 Å². The predicted octanol–water partition coefficient (Wildman–Crippen LogP) is 1.63. The van der Waals surface area contributed by atoms with Crippen LogP contribution >= 0.6 is 0 Å². The second-order valence-electron chi connectivity index (χ2n) is 5.01. The Balaban J connectivity index is 2.13. The van der Waals surface area contributed by atoms with Gasteiger partial charge in [0.2, 0.25) is 5.91 Å². The van der Waals surface area contributed by atoms with Crippen LogP contribution < -0.4 is 5.32 Å². The van der Waals surface area contributed by atoms with E-state index in [9.17, 15) is 4.79 Å². The Morgan fingerprint density at radius 1 is 1.42 bits per heavy atom. The summed E-state index contributed by atoms with van der Waals surface area (Å²) >= 11 is 0. The second kappa shape index (κ2) is 6.68. The third kappa shape index (κ3) is 3.55. The highest BCUT2D eigenvalue weighted by atomic mass is 16.2. The molecule has 1 fully saturated rings. The van der Waals surface area contributed by atoms with Crippen LogP contribution in [0.5, 0.6) is 0 Å². The Morgan fingerprint density at radius 3 is 2.79 bits per heavy atom. The van der Waals surface area contributed by atoms with Crippen molar-refractivity contribution in [2.75, 3.05) is 19.6 Å². The van der Waals surface area contributed by atoms with Crippen LogP contribution in [0.2, 0.25) is 0 Å². The maximum absolute atomic E-state index is 12.2. The molecule has 1 aromatic carbocycles. The molecule has 1 aromatic rings. The number of nitrogens with zero attached hydrogens (tertiary/aromatic N) is 2. The molecule has 1 amide bonds. The fourth-order valence-electron chi connectivity index (χ4n) is 2.45. The van der Waals surface area contributed by atoms with E-state index in [-0.39, 0.29) is 5.91 Å². The van der Waals surface area contributed by atoms with Gasteiger partial charge in [0, 0.05) is 32.1 Å². The lowest BCUT2D eigenvalue weighted by Gasteiger charge is -2.42. The number of benzene rings is 1. The molecule has 1 aliphatic heterocycles. The van der Waals surface area contributed by atoms with Crippen molar-refractivity contribution in [3.05, 3.63) is 35.9 Å². The average molecular weight is 261 g/mol. The molecule has 0 radical (unpaired) electrons. The molecular formula is C15H23N3O. The SMILES string of the molecule is CCC(=O)N(Cc1ccccc1)N1CCNCC1C. The lowest BCUT2D eigenvalue weighted by atomic mass is 10.2. The van der Waals surface area contributed by atoms with Crippen LogP contribution in [0, 0.1) is 0 Å². The molecule has 2 rings (SSSR count). The Morgan fingerprint density at radius 2 is 2.16 bits per heavy atom.